The third-order valence-corrected chi connectivity index (χ3v) is 9.64. The van der Waals surface area contributed by atoms with E-state index in [1.807, 2.05) is 53.9 Å². The summed E-state index contributed by atoms with van der Waals surface area (Å²) in [7, 11) is 0. The molecule has 2 aliphatic rings. The number of amides is 1. The molecule has 0 radical (unpaired) electrons. The molecule has 0 aliphatic carbocycles. The van der Waals surface area contributed by atoms with Gasteiger partial charge in [0, 0.05) is 13.0 Å². The molecule has 2 saturated heterocycles. The van der Waals surface area contributed by atoms with Crippen LogP contribution < -0.4 is 5.32 Å². The summed E-state index contributed by atoms with van der Waals surface area (Å²) < 4.78 is 5.11. The van der Waals surface area contributed by atoms with E-state index in [4.69, 9.17) is 4.74 Å². The quantitative estimate of drug-likeness (QED) is 0.506. The lowest BCUT2D eigenvalue weighted by atomic mass is 9.99. The highest BCUT2D eigenvalue weighted by Gasteiger charge is 2.46. The van der Waals surface area contributed by atoms with Gasteiger partial charge >= 0.3 is 11.9 Å². The van der Waals surface area contributed by atoms with Crippen molar-refractivity contribution in [2.24, 2.45) is 0 Å². The van der Waals surface area contributed by atoms with E-state index in [0.29, 0.717) is 25.8 Å². The highest BCUT2D eigenvalue weighted by molar-refractivity contribution is 8.18. The molecule has 3 atom stereocenters. The van der Waals surface area contributed by atoms with E-state index >= 15 is 0 Å². The van der Waals surface area contributed by atoms with Crippen LogP contribution in [0.4, 0.5) is 0 Å². The fourth-order valence-corrected chi connectivity index (χ4v) is 7.77. The van der Waals surface area contributed by atoms with Gasteiger partial charge in [0.15, 0.2) is 0 Å². The minimum atomic E-state index is -0.965. The van der Waals surface area contributed by atoms with Gasteiger partial charge in [-0.05, 0) is 56.6 Å². The average molecular weight is 495 g/mol. The number of carboxylic acid groups (broad SMARTS) is 1. The zero-order valence-corrected chi connectivity index (χ0v) is 21.0. The molecule has 33 heavy (non-hydrogen) atoms. The Morgan fingerprint density at radius 1 is 1.24 bits per heavy atom. The number of piperidine rings is 1. The molecule has 7 nitrogen and oxygen atoms in total. The number of thioether (sulfide) groups is 2. The number of likely N-dealkylation sites (tertiary alicyclic amines) is 1. The van der Waals surface area contributed by atoms with Crippen molar-refractivity contribution in [3.8, 4) is 0 Å². The molecule has 1 unspecified atom stereocenters. The zero-order valence-electron chi connectivity index (χ0n) is 19.3. The van der Waals surface area contributed by atoms with Gasteiger partial charge in [-0.3, -0.25) is 14.9 Å². The highest BCUT2D eigenvalue weighted by atomic mass is 32.2. The number of benzene rings is 1. The number of aryl methyl sites for hydroxylation is 1. The number of nitrogens with one attached hydrogen (secondary N) is 1. The van der Waals surface area contributed by atoms with Crippen molar-refractivity contribution in [3.63, 3.8) is 0 Å². The summed E-state index contributed by atoms with van der Waals surface area (Å²) in [6.07, 6.45) is 3.51. The third-order valence-electron chi connectivity index (χ3n) is 6.16. The number of carbonyl (C=O) groups is 3. The van der Waals surface area contributed by atoms with Crippen molar-refractivity contribution in [2.45, 2.75) is 68.2 Å². The van der Waals surface area contributed by atoms with Crippen molar-refractivity contribution < 1.29 is 24.2 Å². The number of ether oxygens (including phenoxy) is 1. The third kappa shape index (κ3) is 6.90. The van der Waals surface area contributed by atoms with Crippen LogP contribution in [0, 0.1) is 0 Å². The normalized spacial score (nSPS) is 21.9. The second-order valence-electron chi connectivity index (χ2n) is 8.52. The summed E-state index contributed by atoms with van der Waals surface area (Å²) in [5, 5.41) is 13.0. The lowest BCUT2D eigenvalue weighted by molar-refractivity contribution is -0.153. The van der Waals surface area contributed by atoms with Gasteiger partial charge in [-0.1, -0.05) is 30.3 Å². The lowest BCUT2D eigenvalue weighted by Gasteiger charge is -2.46. The Hall–Kier alpha value is -1.71. The first-order chi connectivity index (χ1) is 15.8. The Morgan fingerprint density at radius 2 is 1.94 bits per heavy atom. The molecule has 0 aromatic heterocycles. The molecule has 3 rings (SSSR count). The van der Waals surface area contributed by atoms with Gasteiger partial charge in [-0.25, -0.2) is 4.79 Å². The molecule has 182 valence electrons. The molecule has 2 fully saturated rings. The van der Waals surface area contributed by atoms with Gasteiger partial charge in [-0.2, -0.15) is 0 Å². The molecule has 1 spiro atoms. The minimum Gasteiger partial charge on any atom is -0.480 e. The molecule has 1 aromatic rings. The first-order valence-corrected chi connectivity index (χ1v) is 13.6. The molecule has 9 heteroatoms. The van der Waals surface area contributed by atoms with Crippen LogP contribution >= 0.6 is 23.5 Å². The molecule has 2 N–H and O–H groups in total. The lowest BCUT2D eigenvalue weighted by Crippen LogP contribution is -2.59. The van der Waals surface area contributed by atoms with E-state index in [1.165, 1.54) is 4.90 Å². The molecule has 0 bridgehead atoms. The predicted octanol–water partition coefficient (Wildman–Crippen LogP) is 3.17. The van der Waals surface area contributed by atoms with Gasteiger partial charge < -0.3 is 14.7 Å². The molecule has 0 saturated carbocycles. The first kappa shape index (κ1) is 25.9. The van der Waals surface area contributed by atoms with Crippen molar-refractivity contribution >= 4 is 41.4 Å². The van der Waals surface area contributed by atoms with Crippen LogP contribution in [0.5, 0.6) is 0 Å². The highest BCUT2D eigenvalue weighted by Crippen LogP contribution is 2.50. The first-order valence-electron chi connectivity index (χ1n) is 11.6. The summed E-state index contributed by atoms with van der Waals surface area (Å²) in [6.45, 7) is 4.12. The molecule has 1 aromatic carbocycles. The van der Waals surface area contributed by atoms with Gasteiger partial charge in [0.2, 0.25) is 5.91 Å². The molecule has 2 heterocycles. The maximum atomic E-state index is 13.3. The maximum absolute atomic E-state index is 13.3. The Morgan fingerprint density at radius 3 is 2.58 bits per heavy atom. The second kappa shape index (κ2) is 12.1. The van der Waals surface area contributed by atoms with Crippen LogP contribution in [0.1, 0.15) is 45.1 Å². The standard InChI is InChI=1S/C24H34N2O5S2/c1-3-31-23(30)19(11-10-18-8-5-4-6-9-18)25-17(2)21(27)26-13-12-24(16-20(26)22(28)29)32-14-7-15-33-24/h4-6,8-9,17,19-20,25H,3,7,10-16H2,1-2H3,(H,28,29)/t17-,19?,20-/m0/s1. The minimum absolute atomic E-state index is 0.113. The summed E-state index contributed by atoms with van der Waals surface area (Å²) in [4.78, 5) is 39.4. The van der Waals surface area contributed by atoms with Crippen molar-refractivity contribution in [1.29, 1.82) is 0 Å². The molecular formula is C24H34N2O5S2. The predicted molar refractivity (Wildman–Crippen MR) is 132 cm³/mol. The van der Waals surface area contributed by atoms with E-state index in [9.17, 15) is 19.5 Å². The van der Waals surface area contributed by atoms with E-state index in [-0.39, 0.29) is 16.6 Å². The topological polar surface area (TPSA) is 95.9 Å². The number of nitrogens with zero attached hydrogens (tertiary/aromatic N) is 1. The number of carboxylic acids is 1. The SMILES string of the molecule is CCOC(=O)C(CCc1ccccc1)N[C@@H](C)C(=O)N1CCC2(C[C@H]1C(=O)O)SCCCS2. The summed E-state index contributed by atoms with van der Waals surface area (Å²) in [6, 6.07) is 7.65. The van der Waals surface area contributed by atoms with Crippen LogP contribution in [0.2, 0.25) is 0 Å². The van der Waals surface area contributed by atoms with Crippen LogP contribution in [0.3, 0.4) is 0 Å². The smallest absolute Gasteiger partial charge is 0.326 e. The van der Waals surface area contributed by atoms with Crippen LogP contribution in [0.15, 0.2) is 30.3 Å². The maximum Gasteiger partial charge on any atom is 0.326 e. The average Bonchev–Trinajstić information content (AvgIpc) is 2.82. The summed E-state index contributed by atoms with van der Waals surface area (Å²) in [5.74, 6) is 0.432. The van der Waals surface area contributed by atoms with Crippen LogP contribution in [-0.2, 0) is 25.5 Å². The van der Waals surface area contributed by atoms with Crippen molar-refractivity contribution in [2.75, 3.05) is 24.7 Å². The van der Waals surface area contributed by atoms with E-state index in [0.717, 1.165) is 29.9 Å². The molecule has 2 aliphatic heterocycles. The number of carbonyl (C=O) groups excluding carboxylic acids is 2. The van der Waals surface area contributed by atoms with Crippen LogP contribution in [-0.4, -0.2) is 74.7 Å². The molecular weight excluding hydrogens is 460 g/mol. The summed E-state index contributed by atoms with van der Waals surface area (Å²) >= 11 is 3.68. The van der Waals surface area contributed by atoms with Crippen LogP contribution in [0.25, 0.3) is 0 Å². The van der Waals surface area contributed by atoms with Gasteiger partial charge in [-0.15, -0.1) is 23.5 Å². The monoisotopic (exact) mass is 494 g/mol. The molecule has 1 amide bonds. The number of hydrogen-bond donors (Lipinski definition) is 2. The summed E-state index contributed by atoms with van der Waals surface area (Å²) in [5.41, 5.74) is 1.10. The fraction of sp³-hybridized carbons (Fsp3) is 0.625. The Bertz CT molecular complexity index is 816. The number of esters is 1. The second-order valence-corrected chi connectivity index (χ2v) is 11.7. The van der Waals surface area contributed by atoms with E-state index in [2.05, 4.69) is 5.32 Å². The van der Waals surface area contributed by atoms with E-state index in [1.54, 1.807) is 13.8 Å². The number of rotatable bonds is 9. The van der Waals surface area contributed by atoms with Gasteiger partial charge in [0.25, 0.3) is 0 Å². The Kier molecular flexibility index (Phi) is 9.52. The fourth-order valence-electron chi connectivity index (χ4n) is 4.41. The largest absolute Gasteiger partial charge is 0.480 e. The Balaban J connectivity index is 1.66. The van der Waals surface area contributed by atoms with Gasteiger partial charge in [0.1, 0.15) is 12.1 Å². The number of aliphatic carboxylic acids is 1. The van der Waals surface area contributed by atoms with Crippen molar-refractivity contribution in [3.05, 3.63) is 35.9 Å². The van der Waals surface area contributed by atoms with Crippen molar-refractivity contribution in [1.82, 2.24) is 10.2 Å². The Labute approximate surface area is 204 Å². The number of hydrogen-bond acceptors (Lipinski definition) is 7. The van der Waals surface area contributed by atoms with Gasteiger partial charge in [0.05, 0.1) is 16.7 Å². The zero-order chi connectivity index (χ0) is 23.8. The van der Waals surface area contributed by atoms with E-state index < -0.39 is 30.1 Å².